The van der Waals surface area contributed by atoms with Gasteiger partial charge in [0.2, 0.25) is 0 Å². The maximum Gasteiger partial charge on any atom is 0.344 e. The van der Waals surface area contributed by atoms with Crippen molar-refractivity contribution < 1.29 is 14.4 Å². The Labute approximate surface area is 143 Å². The largest absolute Gasteiger partial charge is 0.344 e. The van der Waals surface area contributed by atoms with Gasteiger partial charge >= 0.3 is 6.03 Å². The second-order valence-electron chi connectivity index (χ2n) is 5.76. The molecule has 1 aliphatic heterocycles. The highest BCUT2D eigenvalue weighted by Gasteiger charge is 2.52. The number of hydrogen-bond acceptors (Lipinski definition) is 3. The number of urea groups is 1. The molecule has 1 heterocycles. The molecule has 2 aliphatic rings. The van der Waals surface area contributed by atoms with Crippen LogP contribution in [-0.2, 0) is 4.79 Å². The maximum atomic E-state index is 12.6. The summed E-state index contributed by atoms with van der Waals surface area (Å²) < 4.78 is 0. The Hall–Kier alpha value is -1.79. The third-order valence-electron chi connectivity index (χ3n) is 4.28. The Bertz CT molecular complexity index is 687. The molecular formula is C15H15Cl2N3O3. The van der Waals surface area contributed by atoms with Gasteiger partial charge in [-0.05, 0) is 25.0 Å². The highest BCUT2D eigenvalue weighted by Crippen LogP contribution is 2.33. The molecule has 122 valence electrons. The Morgan fingerprint density at radius 2 is 1.87 bits per heavy atom. The number of hydrogen-bond donors (Lipinski definition) is 2. The van der Waals surface area contributed by atoms with Gasteiger partial charge in [-0.15, -0.1) is 0 Å². The number of carbonyl (C=O) groups excluding carboxylic acids is 3. The first-order chi connectivity index (χ1) is 10.9. The second kappa shape index (κ2) is 6.02. The minimum atomic E-state index is -0.888. The van der Waals surface area contributed by atoms with Crippen LogP contribution in [0.25, 0.3) is 0 Å². The maximum absolute atomic E-state index is 12.6. The van der Waals surface area contributed by atoms with E-state index in [1.807, 2.05) is 0 Å². The van der Waals surface area contributed by atoms with Gasteiger partial charge in [0, 0.05) is 0 Å². The van der Waals surface area contributed by atoms with Crippen LogP contribution in [0.1, 0.15) is 42.5 Å². The van der Waals surface area contributed by atoms with Gasteiger partial charge in [-0.1, -0.05) is 48.5 Å². The number of halogens is 2. The fourth-order valence-corrected chi connectivity index (χ4v) is 3.44. The zero-order chi connectivity index (χ0) is 16.6. The van der Waals surface area contributed by atoms with Crippen molar-refractivity contribution in [1.29, 1.82) is 0 Å². The van der Waals surface area contributed by atoms with E-state index in [4.69, 9.17) is 23.2 Å². The number of imide groups is 1. The molecule has 2 N–H and O–H groups in total. The normalized spacial score (nSPS) is 19.8. The van der Waals surface area contributed by atoms with Gasteiger partial charge in [0.15, 0.2) is 0 Å². The minimum Gasteiger partial charge on any atom is -0.322 e. The standard InChI is InChI=1S/C15H15Cl2N3O3/c16-10-6-4-5-9(11(10)17)12(21)19-20-13(22)15(18-14(20)23)7-2-1-3-8-15/h4-6H,1-3,7-8H2,(H,18,23)(H,19,21). The van der Waals surface area contributed by atoms with Crippen LogP contribution in [0, 0.1) is 0 Å². The van der Waals surface area contributed by atoms with Crippen molar-refractivity contribution in [3.63, 3.8) is 0 Å². The minimum absolute atomic E-state index is 0.0751. The molecule has 0 radical (unpaired) electrons. The number of benzene rings is 1. The highest BCUT2D eigenvalue weighted by molar-refractivity contribution is 6.43. The molecule has 0 aromatic heterocycles. The molecule has 6 nitrogen and oxygen atoms in total. The lowest BCUT2D eigenvalue weighted by Gasteiger charge is -2.30. The number of hydrazine groups is 1. The lowest BCUT2D eigenvalue weighted by atomic mass is 9.82. The quantitative estimate of drug-likeness (QED) is 0.800. The van der Waals surface area contributed by atoms with Crippen LogP contribution >= 0.6 is 23.2 Å². The summed E-state index contributed by atoms with van der Waals surface area (Å²) in [5.41, 5.74) is 1.54. The second-order valence-corrected chi connectivity index (χ2v) is 6.54. The molecule has 1 spiro atoms. The number of nitrogens with one attached hydrogen (secondary N) is 2. The van der Waals surface area contributed by atoms with Crippen LogP contribution in [0.4, 0.5) is 4.79 Å². The van der Waals surface area contributed by atoms with Crippen molar-refractivity contribution in [2.24, 2.45) is 0 Å². The predicted octanol–water partition coefficient (Wildman–Crippen LogP) is 2.89. The fraction of sp³-hybridized carbons (Fsp3) is 0.400. The van der Waals surface area contributed by atoms with Gasteiger partial charge in [-0.2, -0.15) is 5.01 Å². The zero-order valence-electron chi connectivity index (χ0n) is 12.2. The van der Waals surface area contributed by atoms with E-state index < -0.39 is 23.4 Å². The van der Waals surface area contributed by atoms with E-state index >= 15 is 0 Å². The lowest BCUT2D eigenvalue weighted by molar-refractivity contribution is -0.134. The molecular weight excluding hydrogens is 341 g/mol. The fourth-order valence-electron chi connectivity index (χ4n) is 3.06. The third kappa shape index (κ3) is 2.77. The third-order valence-corrected chi connectivity index (χ3v) is 5.10. The van der Waals surface area contributed by atoms with Crippen molar-refractivity contribution >= 4 is 41.0 Å². The molecule has 0 unspecified atom stereocenters. The highest BCUT2D eigenvalue weighted by atomic mass is 35.5. The number of carbonyl (C=O) groups is 3. The smallest absolute Gasteiger partial charge is 0.322 e. The molecule has 1 saturated heterocycles. The molecule has 1 aromatic carbocycles. The number of nitrogens with zero attached hydrogens (tertiary/aromatic N) is 1. The Morgan fingerprint density at radius 1 is 1.17 bits per heavy atom. The van der Waals surface area contributed by atoms with Crippen LogP contribution in [0.3, 0.4) is 0 Å². The predicted molar refractivity (Wildman–Crippen MR) is 85.1 cm³/mol. The van der Waals surface area contributed by atoms with Crippen molar-refractivity contribution in [2.45, 2.75) is 37.6 Å². The summed E-state index contributed by atoms with van der Waals surface area (Å²) in [4.78, 5) is 37.0. The van der Waals surface area contributed by atoms with Crippen LogP contribution in [0.15, 0.2) is 18.2 Å². The van der Waals surface area contributed by atoms with Gasteiger partial charge in [0.05, 0.1) is 15.6 Å². The lowest BCUT2D eigenvalue weighted by Crippen LogP contribution is -2.51. The van der Waals surface area contributed by atoms with Crippen molar-refractivity contribution in [3.8, 4) is 0 Å². The molecule has 1 aliphatic carbocycles. The van der Waals surface area contributed by atoms with Gasteiger partial charge in [0.25, 0.3) is 11.8 Å². The van der Waals surface area contributed by atoms with Gasteiger partial charge in [-0.25, -0.2) is 4.79 Å². The molecule has 3 rings (SSSR count). The Morgan fingerprint density at radius 3 is 2.57 bits per heavy atom. The Kier molecular flexibility index (Phi) is 4.21. The first-order valence-corrected chi connectivity index (χ1v) is 8.12. The van der Waals surface area contributed by atoms with E-state index in [2.05, 4.69) is 10.7 Å². The number of rotatable bonds is 2. The van der Waals surface area contributed by atoms with Crippen LogP contribution < -0.4 is 10.7 Å². The van der Waals surface area contributed by atoms with E-state index in [9.17, 15) is 14.4 Å². The van der Waals surface area contributed by atoms with Gasteiger partial charge in [-0.3, -0.25) is 15.0 Å². The van der Waals surface area contributed by atoms with Crippen LogP contribution in [0.2, 0.25) is 10.0 Å². The summed E-state index contributed by atoms with van der Waals surface area (Å²) in [6.45, 7) is 0. The van der Waals surface area contributed by atoms with Crippen molar-refractivity contribution in [2.75, 3.05) is 0 Å². The summed E-state index contributed by atoms with van der Waals surface area (Å²) in [5.74, 6) is -1.08. The molecule has 1 aromatic rings. The van der Waals surface area contributed by atoms with E-state index in [0.29, 0.717) is 12.8 Å². The van der Waals surface area contributed by atoms with E-state index in [1.54, 1.807) is 12.1 Å². The summed E-state index contributed by atoms with van der Waals surface area (Å²) in [6, 6.07) is 3.96. The zero-order valence-corrected chi connectivity index (χ0v) is 13.7. The first-order valence-electron chi connectivity index (χ1n) is 7.36. The van der Waals surface area contributed by atoms with Crippen molar-refractivity contribution in [1.82, 2.24) is 15.8 Å². The molecule has 23 heavy (non-hydrogen) atoms. The topological polar surface area (TPSA) is 78.5 Å². The summed E-state index contributed by atoms with van der Waals surface area (Å²) >= 11 is 11.9. The SMILES string of the molecule is O=C(NN1C(=O)NC2(CCCCC2)C1=O)c1cccc(Cl)c1Cl. The molecule has 1 saturated carbocycles. The van der Waals surface area contributed by atoms with Crippen molar-refractivity contribution in [3.05, 3.63) is 33.8 Å². The average molecular weight is 356 g/mol. The number of amides is 4. The van der Waals surface area contributed by atoms with E-state index in [-0.39, 0.29) is 15.6 Å². The van der Waals surface area contributed by atoms with Gasteiger partial charge < -0.3 is 5.32 Å². The summed E-state index contributed by atoms with van der Waals surface area (Å²) in [7, 11) is 0. The van der Waals surface area contributed by atoms with Crippen LogP contribution in [-0.4, -0.2) is 28.4 Å². The molecule has 0 atom stereocenters. The van der Waals surface area contributed by atoms with E-state index in [0.717, 1.165) is 24.3 Å². The van der Waals surface area contributed by atoms with Gasteiger partial charge in [0.1, 0.15) is 5.54 Å². The Balaban J connectivity index is 1.80. The monoisotopic (exact) mass is 355 g/mol. The molecule has 2 fully saturated rings. The van der Waals surface area contributed by atoms with E-state index in [1.165, 1.54) is 6.07 Å². The molecule has 0 bridgehead atoms. The summed E-state index contributed by atoms with van der Waals surface area (Å²) in [5, 5.41) is 3.75. The first kappa shape index (κ1) is 16.1. The summed E-state index contributed by atoms with van der Waals surface area (Å²) in [6.07, 6.45) is 3.95. The average Bonchev–Trinajstić information content (AvgIpc) is 2.75. The molecule has 8 heteroatoms. The molecule has 4 amide bonds. The van der Waals surface area contributed by atoms with Crippen LogP contribution in [0.5, 0.6) is 0 Å².